The summed E-state index contributed by atoms with van der Waals surface area (Å²) in [7, 11) is -4.26. The first-order valence-electron chi connectivity index (χ1n) is 13.8. The average Bonchev–Trinajstić information content (AvgIpc) is 3.42. The number of ether oxygens (including phenoxy) is 3. The summed E-state index contributed by atoms with van der Waals surface area (Å²) >= 11 is 14.2. The van der Waals surface area contributed by atoms with Crippen molar-refractivity contribution in [2.75, 3.05) is 31.3 Å². The van der Waals surface area contributed by atoms with Gasteiger partial charge in [0.2, 0.25) is 11.8 Å². The number of aliphatic hydroxyl groups is 1. The van der Waals surface area contributed by atoms with Crippen LogP contribution in [0.15, 0.2) is 6.33 Å². The van der Waals surface area contributed by atoms with Gasteiger partial charge in [0.05, 0.1) is 32.3 Å². The molecule has 1 saturated heterocycles. The number of alkyl halides is 2. The van der Waals surface area contributed by atoms with Gasteiger partial charge in [0.1, 0.15) is 18.2 Å². The zero-order valence-corrected chi connectivity index (χ0v) is 28.7. The van der Waals surface area contributed by atoms with Crippen molar-refractivity contribution in [3.05, 3.63) is 6.33 Å². The molecule has 4 N–H and O–H groups in total. The minimum Gasteiger partial charge on any atom is -0.476 e. The maximum atomic E-state index is 13.8. The molecule has 0 saturated carbocycles. The summed E-state index contributed by atoms with van der Waals surface area (Å²) in [6, 6.07) is -1.10. The maximum absolute atomic E-state index is 13.8. The zero-order chi connectivity index (χ0) is 33.0. The molecule has 1 fully saturated rings. The van der Waals surface area contributed by atoms with Gasteiger partial charge in [0.15, 0.2) is 26.8 Å². The van der Waals surface area contributed by atoms with Crippen LogP contribution in [0, 0.1) is 5.41 Å². The molecular weight excluding hydrogens is 662 g/mol. The second kappa shape index (κ2) is 14.8. The number of hydrogen-bond acceptors (Lipinski definition) is 14. The van der Waals surface area contributed by atoms with E-state index in [2.05, 4.69) is 20.0 Å². The highest BCUT2D eigenvalue weighted by Crippen LogP contribution is 2.50. The van der Waals surface area contributed by atoms with E-state index in [1.54, 1.807) is 41.5 Å². The number of imidazole rings is 1. The summed E-state index contributed by atoms with van der Waals surface area (Å²) in [5.74, 6) is -0.497. The van der Waals surface area contributed by atoms with Gasteiger partial charge in [-0.15, -0.1) is 0 Å². The molecule has 2 aromatic rings. The number of rotatable bonds is 14. The Bertz CT molecular complexity index is 1380. The molecule has 0 radical (unpaired) electrons. The maximum Gasteiger partial charge on any atom is 0.406 e. The quantitative estimate of drug-likeness (QED) is 0.112. The molecule has 0 aromatic carbocycles. The normalized spacial score (nSPS) is 22.2. The van der Waals surface area contributed by atoms with E-state index in [0.29, 0.717) is 6.61 Å². The number of hydrogen-bond donors (Lipinski definition) is 3. The highest BCUT2D eigenvalue weighted by atomic mass is 35.5. The topological polar surface area (TPSA) is 199 Å². The molecule has 2 unspecified atom stereocenters. The van der Waals surface area contributed by atoms with Gasteiger partial charge in [0, 0.05) is 11.2 Å². The van der Waals surface area contributed by atoms with Gasteiger partial charge in [-0.3, -0.25) is 23.2 Å². The molecular formula is C25H39Cl2N6O9PS. The van der Waals surface area contributed by atoms with E-state index in [1.165, 1.54) is 17.8 Å². The van der Waals surface area contributed by atoms with E-state index in [4.69, 9.17) is 52.2 Å². The lowest BCUT2D eigenvalue weighted by Gasteiger charge is -2.25. The lowest BCUT2D eigenvalue weighted by Crippen LogP contribution is -2.39. The van der Waals surface area contributed by atoms with E-state index >= 15 is 0 Å². The van der Waals surface area contributed by atoms with Crippen LogP contribution in [-0.2, 0) is 32.7 Å². The molecule has 5 atom stereocenters. The van der Waals surface area contributed by atoms with Crippen LogP contribution < -0.4 is 15.6 Å². The van der Waals surface area contributed by atoms with Crippen molar-refractivity contribution < 1.29 is 42.5 Å². The number of fused-ring (bicyclic) bond motifs is 1. The van der Waals surface area contributed by atoms with Crippen LogP contribution in [0.3, 0.4) is 0 Å². The monoisotopic (exact) mass is 700 g/mol. The number of halogens is 2. The van der Waals surface area contributed by atoms with Crippen LogP contribution >= 0.6 is 42.7 Å². The molecule has 15 nitrogen and oxygen atoms in total. The second-order valence-corrected chi connectivity index (χ2v) is 15.4. The number of nitrogen functional groups attached to an aromatic ring is 1. The third-order valence-corrected chi connectivity index (χ3v) is 9.76. The highest BCUT2D eigenvalue weighted by Gasteiger charge is 2.56. The van der Waals surface area contributed by atoms with Crippen LogP contribution in [0.5, 0.6) is 5.88 Å². The predicted octanol–water partition coefficient (Wildman–Crippen LogP) is 3.62. The molecule has 0 amide bonds. The summed E-state index contributed by atoms with van der Waals surface area (Å²) in [5, 5.41) is 13.5. The molecule has 19 heteroatoms. The first-order chi connectivity index (χ1) is 20.4. The van der Waals surface area contributed by atoms with Crippen molar-refractivity contribution in [3.8, 4) is 5.88 Å². The van der Waals surface area contributed by atoms with Gasteiger partial charge in [-0.2, -0.15) is 9.97 Å². The zero-order valence-electron chi connectivity index (χ0n) is 25.5. The smallest absolute Gasteiger partial charge is 0.406 e. The standard InChI is InChI=1S/C25H39Cl2N6O9PS/c1-8-38-19-16-18(30-23(28)31-19)33(12-29-16)21-25(26,27)17(34)15(42-21)11-40-43(37,32-14(4)20(35)41-13(2)3)39-9-10-44-22(36)24(5,6)7/h12-15,17,21,34H,8-11H2,1-7H3,(H,32,37)(H2,28,30,31)/t14?,15-,17-,21-,43?/m1/s1. The van der Waals surface area contributed by atoms with Crippen molar-refractivity contribution in [1.82, 2.24) is 24.6 Å². The Morgan fingerprint density at radius 2 is 1.95 bits per heavy atom. The lowest BCUT2D eigenvalue weighted by atomic mass is 10.00. The molecule has 44 heavy (non-hydrogen) atoms. The van der Waals surface area contributed by atoms with E-state index in [1.807, 2.05) is 0 Å². The van der Waals surface area contributed by atoms with Crippen LogP contribution in [0.2, 0.25) is 0 Å². The summed E-state index contributed by atoms with van der Waals surface area (Å²) in [6.07, 6.45) is -3.13. The number of thioether (sulfide) groups is 1. The molecule has 2 aromatic heterocycles. The number of nitrogens with zero attached hydrogens (tertiary/aromatic N) is 4. The van der Waals surface area contributed by atoms with Crippen LogP contribution in [0.4, 0.5) is 5.95 Å². The predicted molar refractivity (Wildman–Crippen MR) is 166 cm³/mol. The number of anilines is 1. The van der Waals surface area contributed by atoms with Crippen molar-refractivity contribution in [1.29, 1.82) is 0 Å². The van der Waals surface area contributed by atoms with Gasteiger partial charge in [-0.05, 0) is 27.7 Å². The molecule has 0 spiro atoms. The number of nitrogens with two attached hydrogens (primary N) is 1. The Labute approximate surface area is 269 Å². The fourth-order valence-corrected chi connectivity index (χ4v) is 6.82. The molecule has 1 aliphatic rings. The van der Waals surface area contributed by atoms with Gasteiger partial charge < -0.3 is 25.1 Å². The van der Waals surface area contributed by atoms with Gasteiger partial charge >= 0.3 is 13.7 Å². The largest absolute Gasteiger partial charge is 0.476 e. The number of esters is 1. The van der Waals surface area contributed by atoms with Gasteiger partial charge in [-0.1, -0.05) is 55.7 Å². The Balaban J connectivity index is 1.78. The Kier molecular flexibility index (Phi) is 12.3. The fourth-order valence-electron chi connectivity index (χ4n) is 3.84. The van der Waals surface area contributed by atoms with Crippen LogP contribution in [0.1, 0.15) is 54.7 Å². The third-order valence-electron chi connectivity index (χ3n) is 5.98. The molecule has 1 aliphatic heterocycles. The first-order valence-corrected chi connectivity index (χ1v) is 17.1. The number of carbonyl (C=O) groups excluding carboxylic acids is 2. The summed E-state index contributed by atoms with van der Waals surface area (Å²) in [6.45, 7) is 11.5. The van der Waals surface area contributed by atoms with Crippen LogP contribution in [-0.4, -0.2) is 90.0 Å². The Hall–Kier alpha value is -1.75. The van der Waals surface area contributed by atoms with E-state index in [9.17, 15) is 19.3 Å². The third kappa shape index (κ3) is 8.95. The minimum atomic E-state index is -4.26. The van der Waals surface area contributed by atoms with E-state index in [0.717, 1.165) is 11.8 Å². The van der Waals surface area contributed by atoms with Gasteiger partial charge in [-0.25, -0.2) is 14.6 Å². The fraction of sp³-hybridized carbons (Fsp3) is 0.720. The van der Waals surface area contributed by atoms with Crippen LogP contribution in [0.25, 0.3) is 11.2 Å². The lowest BCUT2D eigenvalue weighted by molar-refractivity contribution is -0.149. The number of nitrogens with one attached hydrogen (secondary N) is 1. The second-order valence-electron chi connectivity index (χ2n) is 11.1. The minimum absolute atomic E-state index is 0.0831. The SMILES string of the molecule is CCOc1nc(N)nc2c1ncn2[C@@H]1O[C@H](COP(=O)(NC(C)C(=O)OC(C)C)OCCSC(=O)C(C)(C)C)[C@@H](O)C1(Cl)Cl. The Morgan fingerprint density at radius 1 is 1.27 bits per heavy atom. The molecule has 3 heterocycles. The summed E-state index contributed by atoms with van der Waals surface area (Å²) in [5.41, 5.74) is 5.71. The Morgan fingerprint density at radius 3 is 2.57 bits per heavy atom. The van der Waals surface area contributed by atoms with Crippen molar-refractivity contribution >= 4 is 70.9 Å². The molecule has 3 rings (SSSR count). The molecule has 0 aliphatic carbocycles. The van der Waals surface area contributed by atoms with Crippen molar-refractivity contribution in [2.45, 2.75) is 83.4 Å². The average molecular weight is 702 g/mol. The highest BCUT2D eigenvalue weighted by molar-refractivity contribution is 8.13. The number of carbonyl (C=O) groups is 2. The van der Waals surface area contributed by atoms with Crippen molar-refractivity contribution in [2.24, 2.45) is 5.41 Å². The van der Waals surface area contributed by atoms with E-state index < -0.39 is 60.7 Å². The molecule has 248 valence electrons. The molecule has 0 bridgehead atoms. The van der Waals surface area contributed by atoms with Crippen molar-refractivity contribution in [3.63, 3.8) is 0 Å². The number of aliphatic hydroxyl groups excluding tert-OH is 1. The van der Waals surface area contributed by atoms with Gasteiger partial charge in [0.25, 0.3) is 0 Å². The van der Waals surface area contributed by atoms with E-state index in [-0.39, 0.29) is 40.5 Å². The summed E-state index contributed by atoms with van der Waals surface area (Å²) in [4.78, 5) is 37.2. The summed E-state index contributed by atoms with van der Waals surface area (Å²) < 4.78 is 41.0. The number of aromatic nitrogens is 4. The first kappa shape index (κ1) is 36.7.